The molecule has 0 saturated carbocycles. The van der Waals surface area contributed by atoms with Crippen LogP contribution in [0.25, 0.3) is 44.3 Å². The van der Waals surface area contributed by atoms with Gasteiger partial charge in [-0.15, -0.1) is 0 Å². The fraction of sp³-hybridized carbons (Fsp3) is 0.362. The van der Waals surface area contributed by atoms with E-state index in [0.717, 1.165) is 84.3 Å². The Morgan fingerprint density at radius 1 is 0.709 bits per heavy atom. The van der Waals surface area contributed by atoms with Crippen LogP contribution in [0.15, 0.2) is 97.6 Å². The van der Waals surface area contributed by atoms with Crippen molar-refractivity contribution in [1.29, 1.82) is 0 Å². The van der Waals surface area contributed by atoms with Crippen LogP contribution >= 0.6 is 0 Å². The number of hydrogen-bond acceptors (Lipinski definition) is 15. The quantitative estimate of drug-likeness (QED) is 0.0468. The van der Waals surface area contributed by atoms with E-state index in [2.05, 4.69) is 83.8 Å². The molecule has 0 aliphatic carbocycles. The van der Waals surface area contributed by atoms with Gasteiger partial charge in [0.1, 0.15) is 17.0 Å². The number of benzene rings is 4. The number of nitro benzene ring substituents is 2. The van der Waals surface area contributed by atoms with E-state index >= 15 is 0 Å². The number of anilines is 6. The van der Waals surface area contributed by atoms with Crippen LogP contribution in [0.5, 0.6) is 0 Å². The van der Waals surface area contributed by atoms with E-state index in [1.54, 1.807) is 43.5 Å². The van der Waals surface area contributed by atoms with Gasteiger partial charge >= 0.3 is 57.5 Å². The molecule has 2 aliphatic heterocycles. The van der Waals surface area contributed by atoms with Crippen LogP contribution in [0.1, 0.15) is 64.7 Å². The van der Waals surface area contributed by atoms with E-state index in [0.29, 0.717) is 54.3 Å². The maximum Gasteiger partial charge on any atom is 1.00 e. The molecule has 6 heterocycles. The molecular formula is C58H71KN14O6. The van der Waals surface area contributed by atoms with E-state index in [9.17, 15) is 25.0 Å². The molecule has 0 spiro atoms. The summed E-state index contributed by atoms with van der Waals surface area (Å²) >= 11 is 0. The van der Waals surface area contributed by atoms with Gasteiger partial charge in [0.2, 0.25) is 11.9 Å². The minimum atomic E-state index is -0.602. The zero-order chi connectivity index (χ0) is 54.7. The molecule has 0 bridgehead atoms. The standard InChI is InChI=1S/C31H37N7O4.C26H29N7O2.CH4.K.H/c1-20-17-26(35(5)15-16-36(6)30(39)42-31(2,3)4)27(38(40)41)18-25(20)34-29-32-13-12-24(33-29)23-19-37-14-8-10-21-9-7-11-22(23)28(21)37;1-17-14-23(31(3)13-11-27-2)24(33(34)35)15-22(17)30-26-28-10-9-21(29-26)20-16-32-12-5-7-18-6-4-8-19(20)25(18)32;;;/h7,9,11-13,17-19H,8,10,14-16H2,1-6H3,(H,32,33,34);4,6,8-10,14-16,27H,5,7,11-13H2,1-3H3,(H,28,29,30);1H4;;/q;;;+1;-1. The largest absolute Gasteiger partial charge is 1.00 e. The fourth-order valence-corrected chi connectivity index (χ4v) is 10.1. The summed E-state index contributed by atoms with van der Waals surface area (Å²) < 4.78 is 10.0. The van der Waals surface area contributed by atoms with Crippen molar-refractivity contribution in [3.8, 4) is 22.5 Å². The van der Waals surface area contributed by atoms with Crippen LogP contribution in [-0.2, 0) is 30.7 Å². The Balaban J connectivity index is 0.000000252. The van der Waals surface area contributed by atoms with Gasteiger partial charge in [-0.1, -0.05) is 43.8 Å². The summed E-state index contributed by atoms with van der Waals surface area (Å²) in [6.07, 6.45) is 11.7. The number of hydrogen-bond donors (Lipinski definition) is 3. The molecule has 0 atom stereocenters. The number of para-hydroxylation sites is 2. The number of nitro groups is 2. The summed E-state index contributed by atoms with van der Waals surface area (Å²) in [4.78, 5) is 59.0. The van der Waals surface area contributed by atoms with E-state index in [1.807, 2.05) is 71.8 Å². The van der Waals surface area contributed by atoms with Crippen LogP contribution in [0.2, 0.25) is 0 Å². The summed E-state index contributed by atoms with van der Waals surface area (Å²) in [6, 6.07) is 23.3. The van der Waals surface area contributed by atoms with Crippen LogP contribution in [-0.4, -0.2) is 110 Å². The van der Waals surface area contributed by atoms with Gasteiger partial charge < -0.3 is 45.9 Å². The minimum Gasteiger partial charge on any atom is -1.00 e. The second-order valence-electron chi connectivity index (χ2n) is 20.8. The van der Waals surface area contributed by atoms with Gasteiger partial charge in [0.25, 0.3) is 11.4 Å². The van der Waals surface area contributed by atoms with Crippen LogP contribution in [0.4, 0.5) is 50.8 Å². The van der Waals surface area contributed by atoms with Gasteiger partial charge in [0.15, 0.2) is 0 Å². The van der Waals surface area contributed by atoms with Crippen molar-refractivity contribution in [2.24, 2.45) is 0 Å². The summed E-state index contributed by atoms with van der Waals surface area (Å²) in [5.74, 6) is 0.764. The molecule has 1 amide bonds. The Morgan fingerprint density at radius 2 is 1.16 bits per heavy atom. The minimum absolute atomic E-state index is 0. The fourth-order valence-electron chi connectivity index (χ4n) is 10.1. The third-order valence-electron chi connectivity index (χ3n) is 14.0. The van der Waals surface area contributed by atoms with Crippen LogP contribution in [0, 0.1) is 34.1 Å². The number of carbonyl (C=O) groups excluding carboxylic acids is 1. The molecule has 10 rings (SSSR count). The predicted octanol–water partition coefficient (Wildman–Crippen LogP) is 8.72. The average molecular weight is 1100 g/mol. The molecule has 0 fully saturated rings. The van der Waals surface area contributed by atoms with Crippen molar-refractivity contribution in [1.82, 2.24) is 39.3 Å². The Kier molecular flexibility index (Phi) is 19.2. The van der Waals surface area contributed by atoms with Crippen molar-refractivity contribution >= 4 is 73.9 Å². The molecule has 4 aromatic carbocycles. The van der Waals surface area contributed by atoms with Gasteiger partial charge in [0.05, 0.1) is 43.6 Å². The number of aromatic nitrogens is 6. The van der Waals surface area contributed by atoms with Gasteiger partial charge in [-0.05, 0) is 114 Å². The van der Waals surface area contributed by atoms with Crippen LogP contribution < -0.4 is 77.1 Å². The van der Waals surface area contributed by atoms with E-state index < -0.39 is 16.6 Å². The van der Waals surface area contributed by atoms with Crippen LogP contribution in [0.3, 0.4) is 0 Å². The normalized spacial score (nSPS) is 12.4. The van der Waals surface area contributed by atoms with Gasteiger partial charge in [0, 0.05) is 119 Å². The summed E-state index contributed by atoms with van der Waals surface area (Å²) in [7, 11) is 7.13. The summed E-state index contributed by atoms with van der Waals surface area (Å²) in [6.45, 7) is 13.3. The maximum atomic E-state index is 12.3. The van der Waals surface area contributed by atoms with Crippen molar-refractivity contribution in [3.63, 3.8) is 0 Å². The zero-order valence-corrected chi connectivity index (χ0v) is 49.3. The summed E-state index contributed by atoms with van der Waals surface area (Å²) in [5, 5.41) is 35.8. The predicted molar refractivity (Wildman–Crippen MR) is 312 cm³/mol. The van der Waals surface area contributed by atoms with E-state index in [-0.39, 0.29) is 76.5 Å². The molecule has 20 nitrogen and oxygen atoms in total. The molecule has 2 aliphatic rings. The van der Waals surface area contributed by atoms with Gasteiger partial charge in [-0.3, -0.25) is 20.2 Å². The van der Waals surface area contributed by atoms with Gasteiger partial charge in [-0.2, -0.15) is 0 Å². The Bertz CT molecular complexity index is 3540. The average Bonchev–Trinajstić information content (AvgIpc) is 4.09. The van der Waals surface area contributed by atoms with E-state index in [4.69, 9.17) is 14.7 Å². The zero-order valence-electron chi connectivity index (χ0n) is 47.2. The molecule has 4 aromatic heterocycles. The first-order valence-electron chi connectivity index (χ1n) is 25.9. The molecule has 0 radical (unpaired) electrons. The Hall–Kier alpha value is -7.01. The Morgan fingerprint density at radius 3 is 1.59 bits per heavy atom. The second-order valence-corrected chi connectivity index (χ2v) is 20.8. The number of amides is 1. The topological polar surface area (TPSA) is 220 Å². The van der Waals surface area contributed by atoms with Crippen molar-refractivity contribution in [2.45, 2.75) is 86.4 Å². The number of likely N-dealkylation sites (N-methyl/N-ethyl adjacent to an activating group) is 4. The number of nitrogens with zero attached hydrogens (tertiary/aromatic N) is 11. The number of nitrogens with one attached hydrogen (secondary N) is 3. The van der Waals surface area contributed by atoms with Gasteiger partial charge in [-0.25, -0.2) is 24.7 Å². The number of ether oxygens (including phenoxy) is 1. The molecule has 0 saturated heterocycles. The molecule has 0 unspecified atom stereocenters. The first kappa shape index (κ1) is 59.6. The number of rotatable bonds is 16. The van der Waals surface area contributed by atoms with E-state index in [1.165, 1.54) is 38.5 Å². The second kappa shape index (κ2) is 25.4. The van der Waals surface area contributed by atoms with Crippen molar-refractivity contribution < 1.29 is 72.2 Å². The first-order valence-corrected chi connectivity index (χ1v) is 25.9. The molecule has 3 N–H and O–H groups in total. The summed E-state index contributed by atoms with van der Waals surface area (Å²) in [5.41, 5.74) is 12.2. The molecule has 8 aromatic rings. The maximum absolute atomic E-state index is 12.3. The molecule has 79 heavy (non-hydrogen) atoms. The SMILES string of the molecule is C.CNCCN(C)c1cc(C)c(Nc2nccc(-c3cn4c5c(cccc35)CCC4)n2)cc1[N+](=O)[O-].Cc1cc(N(C)CCN(C)C(=O)OC(C)(C)C)c([N+](=O)[O-])cc1Nc1nccc(-c2cn3c4c(cccc24)CCC3)n1.[H-].[K+]. The number of carbonyl (C=O) groups is 1. The Labute approximate surface area is 505 Å². The third-order valence-corrected chi connectivity index (χ3v) is 14.0. The first-order chi connectivity index (χ1) is 36.9. The van der Waals surface area contributed by atoms with Crippen molar-refractivity contribution in [2.75, 3.05) is 74.8 Å². The smallest absolute Gasteiger partial charge is 1.00 e. The molecule has 21 heteroatoms. The monoisotopic (exact) mass is 1100 g/mol. The molecule has 410 valence electrons. The molecular weight excluding hydrogens is 1030 g/mol. The van der Waals surface area contributed by atoms with Crippen molar-refractivity contribution in [3.05, 3.63) is 140 Å². The number of aryl methyl sites for hydroxylation is 6. The third kappa shape index (κ3) is 13.4.